The monoisotopic (exact) mass is 325 g/mol. The number of hydrogen-bond acceptors (Lipinski definition) is 4. The average Bonchev–Trinajstić information content (AvgIpc) is 2.54. The lowest BCUT2D eigenvalue weighted by Crippen LogP contribution is -2.37. The number of morpholine rings is 1. The van der Waals surface area contributed by atoms with Crippen LogP contribution in [0.25, 0.3) is 0 Å². The van der Waals surface area contributed by atoms with E-state index in [2.05, 4.69) is 20.2 Å². The minimum atomic E-state index is 0.504. The van der Waals surface area contributed by atoms with Crippen molar-refractivity contribution in [2.75, 3.05) is 45.9 Å². The number of nitrogens with two attached hydrogens (primary N) is 1. The van der Waals surface area contributed by atoms with Gasteiger partial charge in [-0.25, -0.2) is 4.98 Å². The van der Waals surface area contributed by atoms with Gasteiger partial charge in [0, 0.05) is 38.9 Å². The number of aromatic nitrogens is 1. The molecule has 2 rings (SSSR count). The van der Waals surface area contributed by atoms with Crippen LogP contribution in [0.15, 0.2) is 23.3 Å². The standard InChI is InChI=1S/C15H24ClN5O/c16-14-3-2-13(12-20-14)4-6-19-15(17)18-5-1-7-21-8-10-22-11-9-21/h2-3,12H,1,4-11H2,(H3,17,18,19). The van der Waals surface area contributed by atoms with Gasteiger partial charge in [-0.2, -0.15) is 0 Å². The van der Waals surface area contributed by atoms with E-state index in [9.17, 15) is 0 Å². The Hall–Kier alpha value is -1.37. The first-order valence-corrected chi connectivity index (χ1v) is 8.06. The quantitative estimate of drug-likeness (QED) is 0.337. The Kier molecular flexibility index (Phi) is 7.42. The van der Waals surface area contributed by atoms with Crippen molar-refractivity contribution in [3.8, 4) is 0 Å². The van der Waals surface area contributed by atoms with Crippen LogP contribution < -0.4 is 11.1 Å². The summed E-state index contributed by atoms with van der Waals surface area (Å²) in [5.74, 6) is 0.504. The van der Waals surface area contributed by atoms with Crippen LogP contribution in [0.4, 0.5) is 0 Å². The minimum Gasteiger partial charge on any atom is -0.379 e. The van der Waals surface area contributed by atoms with Crippen molar-refractivity contribution in [3.05, 3.63) is 29.0 Å². The summed E-state index contributed by atoms with van der Waals surface area (Å²) >= 11 is 5.75. The van der Waals surface area contributed by atoms with Gasteiger partial charge in [-0.3, -0.25) is 9.89 Å². The Labute approximate surface area is 136 Å². The third-order valence-corrected chi connectivity index (χ3v) is 3.75. The molecular formula is C15H24ClN5O. The number of rotatable bonds is 7. The van der Waals surface area contributed by atoms with Crippen molar-refractivity contribution in [2.45, 2.75) is 12.8 Å². The summed E-state index contributed by atoms with van der Waals surface area (Å²) in [5.41, 5.74) is 6.97. The second-order valence-electron chi connectivity index (χ2n) is 5.24. The van der Waals surface area contributed by atoms with Crippen molar-refractivity contribution in [1.82, 2.24) is 15.2 Å². The summed E-state index contributed by atoms with van der Waals surface area (Å²) in [4.78, 5) is 10.8. The van der Waals surface area contributed by atoms with Crippen LogP contribution in [0.3, 0.4) is 0 Å². The van der Waals surface area contributed by atoms with Gasteiger partial charge < -0.3 is 15.8 Å². The van der Waals surface area contributed by atoms with Crippen LogP contribution in [-0.4, -0.2) is 61.8 Å². The Balaban J connectivity index is 1.56. The molecule has 1 fully saturated rings. The number of pyridine rings is 1. The number of halogens is 1. The van der Waals surface area contributed by atoms with Gasteiger partial charge in [0.15, 0.2) is 5.96 Å². The van der Waals surface area contributed by atoms with Crippen molar-refractivity contribution in [3.63, 3.8) is 0 Å². The maximum atomic E-state index is 5.85. The van der Waals surface area contributed by atoms with E-state index in [1.165, 1.54) is 0 Å². The van der Waals surface area contributed by atoms with Crippen LogP contribution in [0, 0.1) is 0 Å². The molecule has 7 heteroatoms. The lowest BCUT2D eigenvalue weighted by atomic mass is 10.2. The molecule has 6 nitrogen and oxygen atoms in total. The molecule has 1 aliphatic heterocycles. The number of guanidine groups is 1. The number of ether oxygens (including phenoxy) is 1. The summed E-state index contributed by atoms with van der Waals surface area (Å²) in [6, 6.07) is 3.76. The summed E-state index contributed by atoms with van der Waals surface area (Å²) in [6.45, 7) is 6.26. The maximum absolute atomic E-state index is 5.85. The Morgan fingerprint density at radius 1 is 1.41 bits per heavy atom. The van der Waals surface area contributed by atoms with E-state index < -0.39 is 0 Å². The molecule has 0 saturated carbocycles. The summed E-state index contributed by atoms with van der Waals surface area (Å²) < 4.78 is 5.32. The molecule has 1 aliphatic rings. The highest BCUT2D eigenvalue weighted by Gasteiger charge is 2.08. The van der Waals surface area contributed by atoms with Crippen LogP contribution in [0.2, 0.25) is 5.15 Å². The molecular weight excluding hydrogens is 302 g/mol. The van der Waals surface area contributed by atoms with E-state index in [0.29, 0.717) is 11.1 Å². The van der Waals surface area contributed by atoms with Crippen LogP contribution >= 0.6 is 11.6 Å². The van der Waals surface area contributed by atoms with Gasteiger partial charge in [-0.15, -0.1) is 0 Å². The second-order valence-corrected chi connectivity index (χ2v) is 5.63. The normalized spacial score (nSPS) is 16.7. The van der Waals surface area contributed by atoms with Gasteiger partial charge in [0.25, 0.3) is 0 Å². The smallest absolute Gasteiger partial charge is 0.188 e. The van der Waals surface area contributed by atoms with Gasteiger partial charge in [-0.05, 0) is 24.5 Å². The predicted octanol–water partition coefficient (Wildman–Crippen LogP) is 0.904. The highest BCUT2D eigenvalue weighted by Crippen LogP contribution is 2.05. The molecule has 0 spiro atoms. The number of nitrogens with zero attached hydrogens (tertiary/aromatic N) is 3. The number of hydrogen-bond donors (Lipinski definition) is 2. The van der Waals surface area contributed by atoms with Crippen LogP contribution in [0.1, 0.15) is 12.0 Å². The molecule has 122 valence electrons. The van der Waals surface area contributed by atoms with E-state index in [1.54, 1.807) is 12.3 Å². The van der Waals surface area contributed by atoms with Crippen molar-refractivity contribution in [2.24, 2.45) is 10.7 Å². The number of nitrogens with one attached hydrogen (secondary N) is 1. The molecule has 0 aromatic carbocycles. The molecule has 1 aromatic rings. The summed E-state index contributed by atoms with van der Waals surface area (Å²) in [5, 5.41) is 3.63. The molecule has 1 saturated heterocycles. The predicted molar refractivity (Wildman–Crippen MR) is 89.3 cm³/mol. The number of aliphatic imine (C=N–C) groups is 1. The lowest BCUT2D eigenvalue weighted by Gasteiger charge is -2.26. The van der Waals surface area contributed by atoms with Gasteiger partial charge in [-0.1, -0.05) is 17.7 Å². The zero-order chi connectivity index (χ0) is 15.6. The molecule has 0 aliphatic carbocycles. The van der Waals surface area contributed by atoms with Gasteiger partial charge in [0.1, 0.15) is 5.15 Å². The molecule has 2 heterocycles. The third kappa shape index (κ3) is 6.60. The largest absolute Gasteiger partial charge is 0.379 e. The van der Waals surface area contributed by atoms with E-state index >= 15 is 0 Å². The summed E-state index contributed by atoms with van der Waals surface area (Å²) in [7, 11) is 0. The lowest BCUT2D eigenvalue weighted by molar-refractivity contribution is 0.0377. The van der Waals surface area contributed by atoms with E-state index in [0.717, 1.165) is 64.3 Å². The van der Waals surface area contributed by atoms with Gasteiger partial charge in [0.05, 0.1) is 13.2 Å². The van der Waals surface area contributed by atoms with E-state index in [1.807, 2.05) is 6.07 Å². The molecule has 22 heavy (non-hydrogen) atoms. The van der Waals surface area contributed by atoms with Crippen molar-refractivity contribution >= 4 is 17.6 Å². The molecule has 3 N–H and O–H groups in total. The zero-order valence-corrected chi connectivity index (χ0v) is 13.6. The van der Waals surface area contributed by atoms with Gasteiger partial charge >= 0.3 is 0 Å². The van der Waals surface area contributed by atoms with Gasteiger partial charge in [0.2, 0.25) is 0 Å². The Morgan fingerprint density at radius 2 is 2.23 bits per heavy atom. The highest BCUT2D eigenvalue weighted by molar-refractivity contribution is 6.29. The molecule has 0 amide bonds. The SMILES string of the molecule is NC(=NCCCN1CCOCC1)NCCc1ccc(Cl)nc1. The Morgan fingerprint density at radius 3 is 2.95 bits per heavy atom. The molecule has 0 bridgehead atoms. The second kappa shape index (κ2) is 9.61. The van der Waals surface area contributed by atoms with Crippen molar-refractivity contribution in [1.29, 1.82) is 0 Å². The molecule has 0 unspecified atom stereocenters. The van der Waals surface area contributed by atoms with Crippen molar-refractivity contribution < 1.29 is 4.74 Å². The minimum absolute atomic E-state index is 0.504. The molecule has 0 atom stereocenters. The third-order valence-electron chi connectivity index (χ3n) is 3.53. The molecule has 1 aromatic heterocycles. The first-order valence-electron chi connectivity index (χ1n) is 7.68. The highest BCUT2D eigenvalue weighted by atomic mass is 35.5. The fourth-order valence-electron chi connectivity index (χ4n) is 2.26. The topological polar surface area (TPSA) is 75.8 Å². The fourth-order valence-corrected chi connectivity index (χ4v) is 2.38. The first-order chi connectivity index (χ1) is 10.7. The Bertz CT molecular complexity index is 460. The average molecular weight is 326 g/mol. The first kappa shape index (κ1) is 17.0. The fraction of sp³-hybridized carbons (Fsp3) is 0.600. The molecule has 0 radical (unpaired) electrons. The maximum Gasteiger partial charge on any atom is 0.188 e. The summed E-state index contributed by atoms with van der Waals surface area (Å²) in [6.07, 6.45) is 3.64. The van der Waals surface area contributed by atoms with E-state index in [-0.39, 0.29) is 0 Å². The van der Waals surface area contributed by atoms with Crippen LogP contribution in [0.5, 0.6) is 0 Å². The van der Waals surface area contributed by atoms with Crippen LogP contribution in [-0.2, 0) is 11.2 Å². The zero-order valence-electron chi connectivity index (χ0n) is 12.8. The van der Waals surface area contributed by atoms with E-state index in [4.69, 9.17) is 22.1 Å².